The lowest BCUT2D eigenvalue weighted by Gasteiger charge is -2.05. The number of aromatic nitrogens is 2. The second kappa shape index (κ2) is 5.83. The van der Waals surface area contributed by atoms with Crippen LogP contribution >= 0.6 is 0 Å². The molecule has 1 rings (SSSR count). The van der Waals surface area contributed by atoms with Gasteiger partial charge in [0.25, 0.3) is 0 Å². The molecule has 3 nitrogen and oxygen atoms in total. The molecule has 0 bridgehead atoms. The van der Waals surface area contributed by atoms with E-state index in [4.69, 9.17) is 0 Å². The smallest absolute Gasteiger partial charge is 0.135 e. The minimum Gasteiger partial charge on any atom is -0.299 e. The molecule has 0 fully saturated rings. The molecule has 0 aliphatic heterocycles. The average molecular weight is 222 g/mol. The maximum absolute atomic E-state index is 11.5. The highest BCUT2D eigenvalue weighted by Crippen LogP contribution is 2.10. The van der Waals surface area contributed by atoms with Gasteiger partial charge in [0.2, 0.25) is 0 Å². The van der Waals surface area contributed by atoms with Gasteiger partial charge in [-0.1, -0.05) is 13.8 Å². The first kappa shape index (κ1) is 12.9. The number of carbonyl (C=O) groups excluding carboxylic acids is 1. The maximum atomic E-state index is 11.5. The van der Waals surface area contributed by atoms with Gasteiger partial charge in [0.05, 0.1) is 5.69 Å². The summed E-state index contributed by atoms with van der Waals surface area (Å²) in [7, 11) is 0. The number of hydrogen-bond acceptors (Lipinski definition) is 2. The number of Topliss-reactive ketones (excluding diaryl/α,β-unsaturated/α-hetero) is 1. The summed E-state index contributed by atoms with van der Waals surface area (Å²) in [5.41, 5.74) is 2.31. The molecule has 1 heterocycles. The topological polar surface area (TPSA) is 34.9 Å². The Labute approximate surface area is 97.8 Å². The van der Waals surface area contributed by atoms with Gasteiger partial charge >= 0.3 is 0 Å². The van der Waals surface area contributed by atoms with Gasteiger partial charge in [0.15, 0.2) is 0 Å². The van der Waals surface area contributed by atoms with Crippen molar-refractivity contribution >= 4 is 5.78 Å². The molecule has 0 saturated carbocycles. The fraction of sp³-hybridized carbons (Fsp3) is 0.692. The van der Waals surface area contributed by atoms with Crippen LogP contribution in [0.3, 0.4) is 0 Å². The van der Waals surface area contributed by atoms with Crippen LogP contribution in [0.25, 0.3) is 0 Å². The minimum atomic E-state index is 0.165. The molecule has 0 spiro atoms. The molecule has 0 atom stereocenters. The van der Waals surface area contributed by atoms with Gasteiger partial charge in [-0.3, -0.25) is 9.48 Å². The van der Waals surface area contributed by atoms with Gasteiger partial charge in [-0.25, -0.2) is 0 Å². The summed E-state index contributed by atoms with van der Waals surface area (Å²) in [4.78, 5) is 11.5. The Balaban J connectivity index is 2.45. The molecule has 16 heavy (non-hydrogen) atoms. The first-order valence-electron chi connectivity index (χ1n) is 6.10. The first-order valence-corrected chi connectivity index (χ1v) is 6.10. The number of rotatable bonds is 6. The van der Waals surface area contributed by atoms with Crippen LogP contribution in [-0.2, 0) is 17.8 Å². The molecule has 0 N–H and O–H groups in total. The quantitative estimate of drug-likeness (QED) is 0.741. The van der Waals surface area contributed by atoms with Crippen molar-refractivity contribution in [1.82, 2.24) is 9.78 Å². The molecule has 0 aliphatic rings. The zero-order valence-electron chi connectivity index (χ0n) is 10.8. The molecule has 0 amide bonds. The van der Waals surface area contributed by atoms with Crippen molar-refractivity contribution in [1.29, 1.82) is 0 Å². The fourth-order valence-corrected chi connectivity index (χ4v) is 1.81. The van der Waals surface area contributed by atoms with Crippen molar-refractivity contribution in [3.63, 3.8) is 0 Å². The van der Waals surface area contributed by atoms with E-state index >= 15 is 0 Å². The summed E-state index contributed by atoms with van der Waals surface area (Å²) in [6, 6.07) is 2.11. The second-order valence-electron chi connectivity index (χ2n) is 4.57. The lowest BCUT2D eigenvalue weighted by atomic mass is 10.0. The van der Waals surface area contributed by atoms with E-state index < -0.39 is 0 Å². The predicted molar refractivity (Wildman–Crippen MR) is 65.4 cm³/mol. The molecular weight excluding hydrogens is 200 g/mol. The van der Waals surface area contributed by atoms with Crippen LogP contribution in [0.5, 0.6) is 0 Å². The van der Waals surface area contributed by atoms with Crippen LogP contribution in [0.15, 0.2) is 6.07 Å². The standard InChI is InChI=1S/C13H22N2O/c1-5-15-12(9-11(4)14-15)7-6-8-13(16)10(2)3/h9-10H,5-8H2,1-4H3. The van der Waals surface area contributed by atoms with Crippen molar-refractivity contribution < 1.29 is 4.79 Å². The highest BCUT2D eigenvalue weighted by molar-refractivity contribution is 5.80. The Morgan fingerprint density at radius 3 is 2.75 bits per heavy atom. The SMILES string of the molecule is CCn1nc(C)cc1CCCC(=O)C(C)C. The first-order chi connectivity index (χ1) is 7.54. The van der Waals surface area contributed by atoms with Crippen LogP contribution in [0.2, 0.25) is 0 Å². The average Bonchev–Trinajstić information content (AvgIpc) is 2.58. The second-order valence-corrected chi connectivity index (χ2v) is 4.57. The number of ketones is 1. The van der Waals surface area contributed by atoms with Crippen molar-refractivity contribution in [3.8, 4) is 0 Å². The molecule has 1 aromatic rings. The van der Waals surface area contributed by atoms with Crippen LogP contribution in [0.4, 0.5) is 0 Å². The summed E-state index contributed by atoms with van der Waals surface area (Å²) in [5, 5.41) is 4.39. The molecule has 90 valence electrons. The highest BCUT2D eigenvalue weighted by Gasteiger charge is 2.08. The largest absolute Gasteiger partial charge is 0.299 e. The Morgan fingerprint density at radius 2 is 2.19 bits per heavy atom. The van der Waals surface area contributed by atoms with Gasteiger partial charge < -0.3 is 0 Å². The van der Waals surface area contributed by atoms with E-state index in [1.165, 1.54) is 5.69 Å². The molecule has 0 aliphatic carbocycles. The van der Waals surface area contributed by atoms with E-state index in [1.807, 2.05) is 25.5 Å². The van der Waals surface area contributed by atoms with Gasteiger partial charge in [-0.05, 0) is 32.8 Å². The third kappa shape index (κ3) is 3.47. The molecule has 3 heteroatoms. The Hall–Kier alpha value is -1.12. The number of nitrogens with zero attached hydrogens (tertiary/aromatic N) is 2. The van der Waals surface area contributed by atoms with Crippen molar-refractivity contribution in [3.05, 3.63) is 17.5 Å². The minimum absolute atomic E-state index is 0.165. The van der Waals surface area contributed by atoms with Crippen molar-refractivity contribution in [2.24, 2.45) is 5.92 Å². The van der Waals surface area contributed by atoms with Gasteiger partial charge in [0.1, 0.15) is 5.78 Å². The lowest BCUT2D eigenvalue weighted by Crippen LogP contribution is -2.08. The molecule has 0 saturated heterocycles. The summed E-state index contributed by atoms with van der Waals surface area (Å²) in [6.45, 7) is 8.93. The van der Waals surface area contributed by atoms with E-state index in [-0.39, 0.29) is 5.92 Å². The highest BCUT2D eigenvalue weighted by atomic mass is 16.1. The van der Waals surface area contributed by atoms with Crippen LogP contribution in [-0.4, -0.2) is 15.6 Å². The van der Waals surface area contributed by atoms with Crippen LogP contribution in [0.1, 0.15) is 45.0 Å². The van der Waals surface area contributed by atoms with Crippen molar-refractivity contribution in [2.75, 3.05) is 0 Å². The van der Waals surface area contributed by atoms with Crippen LogP contribution < -0.4 is 0 Å². The summed E-state index contributed by atoms with van der Waals surface area (Å²) in [5.74, 6) is 0.525. The molecule has 0 unspecified atom stereocenters. The van der Waals surface area contributed by atoms with Gasteiger partial charge in [0, 0.05) is 24.6 Å². The van der Waals surface area contributed by atoms with E-state index in [0.29, 0.717) is 12.2 Å². The summed E-state index contributed by atoms with van der Waals surface area (Å²) >= 11 is 0. The fourth-order valence-electron chi connectivity index (χ4n) is 1.81. The summed E-state index contributed by atoms with van der Waals surface area (Å²) in [6.07, 6.45) is 2.57. The Bertz CT molecular complexity index is 353. The van der Waals surface area contributed by atoms with E-state index in [0.717, 1.165) is 25.1 Å². The molecule has 0 radical (unpaired) electrons. The lowest BCUT2D eigenvalue weighted by molar-refractivity contribution is -0.121. The van der Waals surface area contributed by atoms with Crippen molar-refractivity contribution in [2.45, 2.75) is 53.5 Å². The third-order valence-corrected chi connectivity index (χ3v) is 2.79. The predicted octanol–water partition coefficient (Wildman–Crippen LogP) is 2.76. The van der Waals surface area contributed by atoms with E-state index in [2.05, 4.69) is 18.1 Å². The molecular formula is C13H22N2O. The number of hydrogen-bond donors (Lipinski definition) is 0. The molecule has 0 aromatic carbocycles. The monoisotopic (exact) mass is 222 g/mol. The van der Waals surface area contributed by atoms with E-state index in [1.54, 1.807) is 0 Å². The Kier molecular flexibility index (Phi) is 4.71. The molecule has 1 aromatic heterocycles. The zero-order chi connectivity index (χ0) is 12.1. The third-order valence-electron chi connectivity index (χ3n) is 2.79. The number of aryl methyl sites for hydroxylation is 3. The number of carbonyl (C=O) groups is 1. The normalized spacial score (nSPS) is 11.1. The van der Waals surface area contributed by atoms with Gasteiger partial charge in [-0.15, -0.1) is 0 Å². The van der Waals surface area contributed by atoms with Crippen LogP contribution in [0, 0.1) is 12.8 Å². The maximum Gasteiger partial charge on any atom is 0.135 e. The van der Waals surface area contributed by atoms with Gasteiger partial charge in [-0.2, -0.15) is 5.10 Å². The zero-order valence-corrected chi connectivity index (χ0v) is 10.8. The Morgan fingerprint density at radius 1 is 1.50 bits per heavy atom. The van der Waals surface area contributed by atoms with E-state index in [9.17, 15) is 4.79 Å². The summed E-state index contributed by atoms with van der Waals surface area (Å²) < 4.78 is 2.02.